The van der Waals surface area contributed by atoms with Crippen LogP contribution < -0.4 is 32.0 Å². The molecule has 1 aromatic carbocycles. The standard InChI is InChI=1S/C32H41ClF2N8O/c1-18(36)6-5-7-20-12-24(29(35)25(33)13-20)28-14-21-17-43(32(44)42-31(21)41-28)23-15-26(34)30(39-16-23)27-9-4-3-8-22(40-27)10-11-38-19(2)37/h12-18,22,27,32,40,44H,3-11,36H2,1-2H3,(H2,37,38)(H,41,42)/t18-,22-,27-,32?/m0/s1. The van der Waals surface area contributed by atoms with Gasteiger partial charge < -0.3 is 31.4 Å². The van der Waals surface area contributed by atoms with E-state index in [1.54, 1.807) is 37.5 Å². The van der Waals surface area contributed by atoms with Crippen LogP contribution in [0.3, 0.4) is 0 Å². The van der Waals surface area contributed by atoms with Crippen LogP contribution in [0.2, 0.25) is 5.02 Å². The molecule has 0 radical (unpaired) electrons. The highest BCUT2D eigenvalue weighted by molar-refractivity contribution is 6.31. The summed E-state index contributed by atoms with van der Waals surface area (Å²) in [6.45, 7) is 4.35. The summed E-state index contributed by atoms with van der Waals surface area (Å²) in [7, 11) is 0. The van der Waals surface area contributed by atoms with E-state index in [2.05, 4.69) is 25.6 Å². The molecule has 3 aromatic rings. The monoisotopic (exact) mass is 626 g/mol. The van der Waals surface area contributed by atoms with Crippen LogP contribution in [0.25, 0.3) is 17.5 Å². The number of nitrogens with one attached hydrogen (secondary N) is 4. The number of rotatable bonds is 10. The van der Waals surface area contributed by atoms with Gasteiger partial charge >= 0.3 is 0 Å². The van der Waals surface area contributed by atoms with Crippen molar-refractivity contribution in [1.82, 2.24) is 20.6 Å². The SMILES string of the molecule is CC(=N)NCC[C@@H]1CCCC[C@@H](c2ncc(N3C=c4cc(-c5cc(CCC[C@H](C)N)cc(Cl)c5F)[nH]c4=NC3O)cc2F)N1. The van der Waals surface area contributed by atoms with E-state index in [1.165, 1.54) is 11.0 Å². The molecule has 44 heavy (non-hydrogen) atoms. The number of fused-ring (bicyclic) bond motifs is 1. The summed E-state index contributed by atoms with van der Waals surface area (Å²) >= 11 is 6.25. The maximum atomic E-state index is 15.5. The van der Waals surface area contributed by atoms with Gasteiger partial charge in [-0.1, -0.05) is 24.4 Å². The summed E-state index contributed by atoms with van der Waals surface area (Å²) in [4.78, 5) is 13.4. The van der Waals surface area contributed by atoms with Crippen LogP contribution in [0.1, 0.15) is 76.1 Å². The topological polar surface area (TPSA) is 138 Å². The van der Waals surface area contributed by atoms with Crippen molar-refractivity contribution in [3.8, 4) is 11.3 Å². The number of nitrogens with two attached hydrogens (primary N) is 1. The van der Waals surface area contributed by atoms with Crippen LogP contribution in [0.15, 0.2) is 35.5 Å². The van der Waals surface area contributed by atoms with Crippen molar-refractivity contribution in [3.63, 3.8) is 0 Å². The first-order valence-electron chi connectivity index (χ1n) is 15.3. The zero-order chi connectivity index (χ0) is 31.4. The first kappa shape index (κ1) is 32.0. The Labute approximate surface area is 261 Å². The van der Waals surface area contributed by atoms with Gasteiger partial charge in [0, 0.05) is 41.7 Å². The molecule has 0 bridgehead atoms. The number of benzene rings is 1. The van der Waals surface area contributed by atoms with Gasteiger partial charge in [0.15, 0.2) is 5.82 Å². The molecule has 236 valence electrons. The molecule has 4 heterocycles. The van der Waals surface area contributed by atoms with Crippen molar-refractivity contribution in [2.45, 2.75) is 89.7 Å². The molecule has 5 rings (SSSR count). The number of aliphatic hydroxyl groups is 1. The number of halogens is 3. The predicted molar refractivity (Wildman–Crippen MR) is 170 cm³/mol. The molecule has 2 aromatic heterocycles. The summed E-state index contributed by atoms with van der Waals surface area (Å²) in [6.07, 6.45) is 8.87. The number of hydrogen-bond donors (Lipinski definition) is 6. The molecule has 0 spiro atoms. The molecule has 0 aliphatic carbocycles. The van der Waals surface area contributed by atoms with Gasteiger partial charge in [0.05, 0.1) is 40.2 Å². The summed E-state index contributed by atoms with van der Waals surface area (Å²) in [6, 6.07) is 6.56. The number of anilines is 1. The van der Waals surface area contributed by atoms with Gasteiger partial charge in [-0.05, 0) is 76.1 Å². The normalized spacial score (nSPS) is 20.7. The summed E-state index contributed by atoms with van der Waals surface area (Å²) in [5, 5.41) is 25.7. The Bertz CT molecular complexity index is 1610. The molecule has 0 amide bonds. The Hall–Kier alpha value is -3.38. The van der Waals surface area contributed by atoms with E-state index < -0.39 is 18.0 Å². The third-order valence-corrected chi connectivity index (χ3v) is 8.47. The van der Waals surface area contributed by atoms with E-state index >= 15 is 8.78 Å². The van der Waals surface area contributed by atoms with Crippen molar-refractivity contribution in [3.05, 3.63) is 69.1 Å². The lowest BCUT2D eigenvalue weighted by Gasteiger charge is -2.26. The molecule has 0 saturated carbocycles. The van der Waals surface area contributed by atoms with Gasteiger partial charge in [-0.25, -0.2) is 13.8 Å². The fourth-order valence-corrected chi connectivity index (χ4v) is 6.17. The molecular formula is C32H41ClF2N8O. The molecule has 1 fully saturated rings. The lowest BCUT2D eigenvalue weighted by Crippen LogP contribution is -2.41. The number of aromatic nitrogens is 2. The smallest absolute Gasteiger partial charge is 0.231 e. The zero-order valence-electron chi connectivity index (χ0n) is 25.1. The molecule has 7 N–H and O–H groups in total. The Morgan fingerprint density at radius 3 is 2.80 bits per heavy atom. The fraction of sp³-hybridized carbons (Fsp3) is 0.469. The van der Waals surface area contributed by atoms with Crippen molar-refractivity contribution >= 4 is 29.3 Å². The molecule has 1 unspecified atom stereocenters. The van der Waals surface area contributed by atoms with Crippen LogP contribution in [0.5, 0.6) is 0 Å². The average Bonchev–Trinajstić information content (AvgIpc) is 3.23. The van der Waals surface area contributed by atoms with E-state index in [0.29, 0.717) is 52.1 Å². The zero-order valence-corrected chi connectivity index (χ0v) is 25.9. The minimum absolute atomic E-state index is 0.0303. The fourth-order valence-electron chi connectivity index (χ4n) is 5.93. The van der Waals surface area contributed by atoms with E-state index in [-0.39, 0.29) is 23.1 Å². The Balaban J connectivity index is 1.36. The number of H-pyrrole nitrogens is 1. The lowest BCUT2D eigenvalue weighted by atomic mass is 10.0. The highest BCUT2D eigenvalue weighted by atomic mass is 35.5. The number of nitrogens with zero attached hydrogens (tertiary/aromatic N) is 3. The van der Waals surface area contributed by atoms with Gasteiger partial charge in [-0.3, -0.25) is 10.4 Å². The number of aliphatic hydroxyl groups excluding tert-OH is 1. The van der Waals surface area contributed by atoms with Gasteiger partial charge in [0.1, 0.15) is 11.3 Å². The second-order valence-corrected chi connectivity index (χ2v) is 12.3. The van der Waals surface area contributed by atoms with Crippen LogP contribution in [-0.2, 0) is 6.42 Å². The highest BCUT2D eigenvalue weighted by Crippen LogP contribution is 2.30. The van der Waals surface area contributed by atoms with Crippen molar-refractivity contribution in [2.75, 3.05) is 11.4 Å². The van der Waals surface area contributed by atoms with Crippen LogP contribution in [0.4, 0.5) is 14.5 Å². The molecular weight excluding hydrogens is 586 g/mol. The van der Waals surface area contributed by atoms with E-state index in [9.17, 15) is 5.11 Å². The summed E-state index contributed by atoms with van der Waals surface area (Å²) < 4.78 is 30.7. The minimum atomic E-state index is -1.33. The van der Waals surface area contributed by atoms with Gasteiger partial charge in [0.2, 0.25) is 6.35 Å². The maximum absolute atomic E-state index is 15.5. The Morgan fingerprint density at radius 1 is 1.25 bits per heavy atom. The second-order valence-electron chi connectivity index (χ2n) is 11.9. The van der Waals surface area contributed by atoms with E-state index in [0.717, 1.165) is 50.5 Å². The molecule has 2 aliphatic rings. The van der Waals surface area contributed by atoms with Crippen molar-refractivity contribution < 1.29 is 13.9 Å². The first-order chi connectivity index (χ1) is 21.1. The van der Waals surface area contributed by atoms with Crippen LogP contribution in [-0.4, -0.2) is 45.9 Å². The second kappa shape index (κ2) is 14.2. The third-order valence-electron chi connectivity index (χ3n) is 8.20. The quantitative estimate of drug-likeness (QED) is 0.146. The molecule has 4 atom stereocenters. The average molecular weight is 627 g/mol. The maximum Gasteiger partial charge on any atom is 0.231 e. The van der Waals surface area contributed by atoms with E-state index in [4.69, 9.17) is 22.7 Å². The third kappa shape index (κ3) is 7.63. The minimum Gasteiger partial charge on any atom is -0.374 e. The first-order valence-corrected chi connectivity index (χ1v) is 15.7. The number of pyridine rings is 1. The summed E-state index contributed by atoms with van der Waals surface area (Å²) in [5.74, 6) is -0.580. The number of aromatic amines is 1. The molecule has 2 aliphatic heterocycles. The Morgan fingerprint density at radius 2 is 2.05 bits per heavy atom. The van der Waals surface area contributed by atoms with Gasteiger partial charge in [-0.2, -0.15) is 0 Å². The predicted octanol–water partition coefficient (Wildman–Crippen LogP) is 4.38. The number of aryl methyl sites for hydroxylation is 1. The van der Waals surface area contributed by atoms with Gasteiger partial charge in [-0.15, -0.1) is 0 Å². The van der Waals surface area contributed by atoms with Gasteiger partial charge in [0.25, 0.3) is 0 Å². The largest absolute Gasteiger partial charge is 0.374 e. The molecule has 1 saturated heterocycles. The highest BCUT2D eigenvalue weighted by Gasteiger charge is 2.26. The number of amidine groups is 1. The van der Waals surface area contributed by atoms with Crippen molar-refractivity contribution in [2.24, 2.45) is 10.7 Å². The van der Waals surface area contributed by atoms with E-state index in [1.807, 2.05) is 6.92 Å². The van der Waals surface area contributed by atoms with Crippen LogP contribution in [0, 0.1) is 17.0 Å². The molecule has 9 nitrogen and oxygen atoms in total. The van der Waals surface area contributed by atoms with Crippen molar-refractivity contribution in [1.29, 1.82) is 5.41 Å². The molecule has 12 heteroatoms. The number of hydrogen-bond acceptors (Lipinski definition) is 7. The Kier molecular flexibility index (Phi) is 10.3. The lowest BCUT2D eigenvalue weighted by molar-refractivity contribution is 0.186. The summed E-state index contributed by atoms with van der Waals surface area (Å²) in [5.41, 5.74) is 8.62. The van der Waals surface area contributed by atoms with Crippen LogP contribution >= 0.6 is 11.6 Å².